The van der Waals surface area contributed by atoms with Crippen LogP contribution in [0.3, 0.4) is 0 Å². The van der Waals surface area contributed by atoms with Crippen LogP contribution in [-0.2, 0) is 4.74 Å². The van der Waals surface area contributed by atoms with E-state index in [0.717, 1.165) is 6.92 Å². The van der Waals surface area contributed by atoms with Gasteiger partial charge in [-0.3, -0.25) is 5.32 Å². The molecule has 1 fully saturated rings. The second-order valence-corrected chi connectivity index (χ2v) is 4.50. The van der Waals surface area contributed by atoms with Crippen LogP contribution in [0.1, 0.15) is 13.3 Å². The predicted molar refractivity (Wildman–Crippen MR) is 58.1 cm³/mol. The first kappa shape index (κ1) is 13.7. The molecule has 0 radical (unpaired) electrons. The summed E-state index contributed by atoms with van der Waals surface area (Å²) in [7, 11) is 0. The van der Waals surface area contributed by atoms with E-state index < -0.39 is 29.6 Å². The first-order chi connectivity index (χ1) is 7.36. The molecular weight excluding hydrogens is 238 g/mol. The maximum absolute atomic E-state index is 13.2. The van der Waals surface area contributed by atoms with Gasteiger partial charge in [0.1, 0.15) is 12.8 Å². The van der Waals surface area contributed by atoms with E-state index >= 15 is 0 Å². The summed E-state index contributed by atoms with van der Waals surface area (Å²) in [6, 6.07) is 0. The number of ether oxygens (including phenoxy) is 1. The highest BCUT2D eigenvalue weighted by atomic mass is 35.5. The van der Waals surface area contributed by atoms with Crippen LogP contribution in [0.4, 0.5) is 8.78 Å². The van der Waals surface area contributed by atoms with Crippen LogP contribution >= 0.6 is 11.6 Å². The number of alkyl halides is 3. The Hall–Kier alpha value is -0.410. The van der Waals surface area contributed by atoms with Gasteiger partial charge in [-0.05, 0) is 13.3 Å². The van der Waals surface area contributed by atoms with Gasteiger partial charge in [0.2, 0.25) is 0 Å². The highest BCUT2D eigenvalue weighted by molar-refractivity contribution is 6.21. The van der Waals surface area contributed by atoms with Gasteiger partial charge in [0.25, 0.3) is 5.92 Å². The summed E-state index contributed by atoms with van der Waals surface area (Å²) in [6.45, 7) is 0.909. The Kier molecular flexibility index (Phi) is 4.51. The molecule has 1 saturated heterocycles. The zero-order chi connectivity index (χ0) is 12.3. The second-order valence-electron chi connectivity index (χ2n) is 3.94. The van der Waals surface area contributed by atoms with Gasteiger partial charge in [0.15, 0.2) is 0 Å². The molecule has 0 spiro atoms. The van der Waals surface area contributed by atoms with Crippen molar-refractivity contribution in [3.05, 3.63) is 0 Å². The van der Waals surface area contributed by atoms with Gasteiger partial charge in [0, 0.05) is 0 Å². The summed E-state index contributed by atoms with van der Waals surface area (Å²) in [6.07, 6.45) is 3.69. The molecule has 0 aromatic rings. The molecule has 3 nitrogen and oxygen atoms in total. The van der Waals surface area contributed by atoms with Gasteiger partial charge in [0.05, 0.1) is 17.5 Å². The zero-order valence-corrected chi connectivity index (χ0v) is 9.68. The molecule has 0 saturated carbocycles. The third-order valence-electron chi connectivity index (χ3n) is 2.60. The first-order valence-electron chi connectivity index (χ1n) is 4.95. The number of terminal acetylenes is 1. The number of nitrogens with one attached hydrogen (secondary N) is 1. The molecule has 1 aliphatic heterocycles. The fraction of sp³-hybridized carbons (Fsp3) is 0.800. The van der Waals surface area contributed by atoms with Crippen molar-refractivity contribution in [1.82, 2.24) is 5.32 Å². The molecular formula is C10H15ClF2N2O. The smallest absolute Gasteiger partial charge is 0.251 e. The van der Waals surface area contributed by atoms with Crippen LogP contribution in [0.15, 0.2) is 0 Å². The number of hydrogen-bond donors (Lipinski definition) is 2. The van der Waals surface area contributed by atoms with Crippen LogP contribution < -0.4 is 11.1 Å². The van der Waals surface area contributed by atoms with E-state index in [4.69, 9.17) is 28.5 Å². The van der Waals surface area contributed by atoms with Gasteiger partial charge < -0.3 is 10.5 Å². The van der Waals surface area contributed by atoms with E-state index in [9.17, 15) is 8.78 Å². The van der Waals surface area contributed by atoms with E-state index in [2.05, 4.69) is 11.2 Å². The molecule has 1 heterocycles. The topological polar surface area (TPSA) is 47.3 Å². The van der Waals surface area contributed by atoms with E-state index in [-0.39, 0.29) is 13.0 Å². The van der Waals surface area contributed by atoms with Gasteiger partial charge in [-0.25, -0.2) is 8.78 Å². The molecule has 0 amide bonds. The lowest BCUT2D eigenvalue weighted by Crippen LogP contribution is -2.61. The van der Waals surface area contributed by atoms with E-state index in [1.165, 1.54) is 0 Å². The summed E-state index contributed by atoms with van der Waals surface area (Å²) >= 11 is 5.94. The van der Waals surface area contributed by atoms with Gasteiger partial charge in [-0.2, -0.15) is 0 Å². The number of nitrogens with two attached hydrogens (primary N) is 1. The van der Waals surface area contributed by atoms with Crippen LogP contribution in [-0.4, -0.2) is 30.3 Å². The Bertz CT molecular complexity index is 277. The largest absolute Gasteiger partial charge is 0.349 e. The van der Waals surface area contributed by atoms with Crippen molar-refractivity contribution in [2.45, 2.75) is 37.0 Å². The molecule has 1 rings (SSSR count). The maximum Gasteiger partial charge on any atom is 0.251 e. The fourth-order valence-corrected chi connectivity index (χ4v) is 2.07. The number of halogens is 3. The quantitative estimate of drug-likeness (QED) is 0.585. The summed E-state index contributed by atoms with van der Waals surface area (Å²) in [4.78, 5) is 0. The lowest BCUT2D eigenvalue weighted by atomic mass is 9.90. The molecule has 0 aromatic heterocycles. The minimum atomic E-state index is -2.86. The Morgan fingerprint density at radius 1 is 1.69 bits per heavy atom. The van der Waals surface area contributed by atoms with Crippen molar-refractivity contribution in [3.8, 4) is 12.3 Å². The molecule has 0 bridgehead atoms. The van der Waals surface area contributed by atoms with Crippen molar-refractivity contribution < 1.29 is 13.5 Å². The van der Waals surface area contributed by atoms with Crippen LogP contribution in [0.5, 0.6) is 0 Å². The SMILES string of the molecule is C#CCOC1NC(N)C(C(C)(F)F)CC1Cl. The molecule has 16 heavy (non-hydrogen) atoms. The van der Waals surface area contributed by atoms with E-state index in [0.29, 0.717) is 0 Å². The number of rotatable bonds is 3. The van der Waals surface area contributed by atoms with Crippen molar-refractivity contribution >= 4 is 11.6 Å². The summed E-state index contributed by atoms with van der Waals surface area (Å²) in [5.41, 5.74) is 5.61. The average molecular weight is 253 g/mol. The molecule has 4 unspecified atom stereocenters. The summed E-state index contributed by atoms with van der Waals surface area (Å²) in [5.74, 6) is -1.58. The molecule has 0 aromatic carbocycles. The fourth-order valence-electron chi connectivity index (χ4n) is 1.74. The van der Waals surface area contributed by atoms with Crippen LogP contribution in [0, 0.1) is 18.3 Å². The van der Waals surface area contributed by atoms with Crippen molar-refractivity contribution in [2.24, 2.45) is 11.7 Å². The minimum absolute atomic E-state index is 0.0702. The van der Waals surface area contributed by atoms with Gasteiger partial charge in [-0.1, -0.05) is 5.92 Å². The molecule has 0 aliphatic carbocycles. The highest BCUT2D eigenvalue weighted by Gasteiger charge is 2.45. The second kappa shape index (κ2) is 5.28. The number of hydrogen-bond acceptors (Lipinski definition) is 3. The van der Waals surface area contributed by atoms with E-state index in [1.54, 1.807) is 0 Å². The van der Waals surface area contributed by atoms with Gasteiger partial charge in [-0.15, -0.1) is 18.0 Å². The Morgan fingerprint density at radius 3 is 2.81 bits per heavy atom. The van der Waals surface area contributed by atoms with Crippen molar-refractivity contribution in [2.75, 3.05) is 6.61 Å². The third-order valence-corrected chi connectivity index (χ3v) is 3.00. The summed E-state index contributed by atoms with van der Waals surface area (Å²) in [5, 5.41) is 2.14. The Balaban J connectivity index is 2.60. The molecule has 92 valence electrons. The predicted octanol–water partition coefficient (Wildman–Crippen LogP) is 1.12. The third kappa shape index (κ3) is 3.29. The lowest BCUT2D eigenvalue weighted by molar-refractivity contribution is -0.0909. The highest BCUT2D eigenvalue weighted by Crippen LogP contribution is 2.34. The van der Waals surface area contributed by atoms with Crippen LogP contribution in [0.2, 0.25) is 0 Å². The Morgan fingerprint density at radius 2 is 2.31 bits per heavy atom. The number of piperidine rings is 1. The molecule has 6 heteroatoms. The monoisotopic (exact) mass is 252 g/mol. The normalized spacial score (nSPS) is 35.8. The molecule has 1 aliphatic rings. The molecule has 4 atom stereocenters. The maximum atomic E-state index is 13.2. The van der Waals surface area contributed by atoms with Gasteiger partial charge >= 0.3 is 0 Å². The van der Waals surface area contributed by atoms with Crippen molar-refractivity contribution in [3.63, 3.8) is 0 Å². The average Bonchev–Trinajstić information content (AvgIpc) is 2.17. The minimum Gasteiger partial charge on any atom is -0.349 e. The molecule has 3 N–H and O–H groups in total. The Labute approximate surface area is 98.7 Å². The van der Waals surface area contributed by atoms with E-state index in [1.807, 2.05) is 0 Å². The lowest BCUT2D eigenvalue weighted by Gasteiger charge is -2.40. The van der Waals surface area contributed by atoms with Crippen LogP contribution in [0.25, 0.3) is 0 Å². The first-order valence-corrected chi connectivity index (χ1v) is 5.38. The standard InChI is InChI=1S/C10H15ClF2N2O/c1-3-4-16-9-7(11)5-6(8(14)15-9)10(2,12)13/h1,6-9,15H,4-5,14H2,2H3. The zero-order valence-electron chi connectivity index (χ0n) is 8.92. The summed E-state index contributed by atoms with van der Waals surface area (Å²) < 4.78 is 31.5. The van der Waals surface area contributed by atoms with Crippen molar-refractivity contribution in [1.29, 1.82) is 0 Å².